The van der Waals surface area contributed by atoms with Crippen LogP contribution in [0.2, 0.25) is 0 Å². The summed E-state index contributed by atoms with van der Waals surface area (Å²) in [5.74, 6) is 1.01. The topological polar surface area (TPSA) is 40.5 Å². The maximum Gasteiger partial charge on any atom is 0.250 e. The summed E-state index contributed by atoms with van der Waals surface area (Å²) in [7, 11) is 0. The smallest absolute Gasteiger partial charge is 0.250 e. The lowest BCUT2D eigenvalue weighted by Crippen LogP contribution is -2.50. The van der Waals surface area contributed by atoms with Crippen molar-refractivity contribution in [3.8, 4) is 0 Å². The number of carbonyl (C=O) groups excluding carboxylic acids is 1. The predicted molar refractivity (Wildman–Crippen MR) is 75.8 cm³/mol. The van der Waals surface area contributed by atoms with Crippen molar-refractivity contribution in [3.63, 3.8) is 0 Å². The molecule has 2 aliphatic carbocycles. The molecule has 1 N–H and O–H groups in total. The van der Waals surface area contributed by atoms with Crippen molar-refractivity contribution in [2.45, 2.75) is 31.8 Å². The normalized spacial score (nSPS) is 34.0. The molecule has 0 saturated heterocycles. The van der Waals surface area contributed by atoms with Crippen LogP contribution in [-0.2, 0) is 11.3 Å². The van der Waals surface area contributed by atoms with Gasteiger partial charge in [-0.25, -0.2) is 4.39 Å². The summed E-state index contributed by atoms with van der Waals surface area (Å²) in [5, 5.41) is 10.2. The number of nitrogens with zero attached hydrogens (tertiary/aromatic N) is 1. The second-order valence-electron chi connectivity index (χ2n) is 6.51. The summed E-state index contributed by atoms with van der Waals surface area (Å²) >= 11 is 0. The molecule has 21 heavy (non-hydrogen) atoms. The zero-order valence-corrected chi connectivity index (χ0v) is 11.7. The number of fused-ring (bicyclic) bond motifs is 5. The van der Waals surface area contributed by atoms with E-state index in [0.29, 0.717) is 18.4 Å². The molecule has 2 bridgehead atoms. The highest BCUT2D eigenvalue weighted by atomic mass is 19.1. The minimum Gasteiger partial charge on any atom is -0.512 e. The van der Waals surface area contributed by atoms with Gasteiger partial charge >= 0.3 is 0 Å². The van der Waals surface area contributed by atoms with Gasteiger partial charge in [-0.1, -0.05) is 12.1 Å². The zero-order chi connectivity index (χ0) is 14.6. The third kappa shape index (κ3) is 1.96. The second-order valence-corrected chi connectivity index (χ2v) is 6.51. The SMILES string of the molecule is O=C1C=C(O)C2[C@H]3CC[C@H](C3)[C@@H]2N1Cc1ccc(F)cc1. The van der Waals surface area contributed by atoms with Gasteiger partial charge in [-0.3, -0.25) is 4.79 Å². The van der Waals surface area contributed by atoms with Crippen LogP contribution in [0.25, 0.3) is 0 Å². The van der Waals surface area contributed by atoms with Crippen LogP contribution in [0, 0.1) is 23.6 Å². The van der Waals surface area contributed by atoms with E-state index in [4.69, 9.17) is 0 Å². The van der Waals surface area contributed by atoms with Crippen LogP contribution in [0.1, 0.15) is 24.8 Å². The highest BCUT2D eigenvalue weighted by Gasteiger charge is 2.54. The molecule has 4 atom stereocenters. The van der Waals surface area contributed by atoms with Crippen LogP contribution in [0.15, 0.2) is 36.1 Å². The molecule has 1 aliphatic heterocycles. The minimum absolute atomic E-state index is 0.113. The molecule has 1 aromatic rings. The molecule has 1 heterocycles. The summed E-state index contributed by atoms with van der Waals surface area (Å²) in [6, 6.07) is 6.42. The number of aliphatic hydroxyl groups is 1. The molecule has 3 nitrogen and oxygen atoms in total. The predicted octanol–water partition coefficient (Wildman–Crippen LogP) is 3.02. The number of benzene rings is 1. The van der Waals surface area contributed by atoms with Crippen LogP contribution in [0.3, 0.4) is 0 Å². The standard InChI is InChI=1S/C17H18FNO2/c18-13-5-1-10(2-6-13)9-19-15(21)8-14(20)16-11-3-4-12(7-11)17(16)19/h1-2,5-6,8,11-12,16-17,20H,3-4,7,9H2/t11-,12+,16?,17-/m0/s1. The molecule has 2 saturated carbocycles. The molecule has 2 fully saturated rings. The zero-order valence-electron chi connectivity index (χ0n) is 11.7. The van der Waals surface area contributed by atoms with Gasteiger partial charge in [0.25, 0.3) is 5.91 Å². The van der Waals surface area contributed by atoms with Crippen LogP contribution in [-0.4, -0.2) is 22.0 Å². The van der Waals surface area contributed by atoms with E-state index in [1.807, 2.05) is 4.90 Å². The number of carbonyl (C=O) groups is 1. The van der Waals surface area contributed by atoms with E-state index in [1.54, 1.807) is 12.1 Å². The first-order valence-electron chi connectivity index (χ1n) is 7.59. The first-order valence-corrected chi connectivity index (χ1v) is 7.59. The van der Waals surface area contributed by atoms with Crippen molar-refractivity contribution in [2.75, 3.05) is 0 Å². The summed E-state index contributed by atoms with van der Waals surface area (Å²) in [6.07, 6.45) is 4.79. The Kier molecular flexibility index (Phi) is 2.81. The number of amides is 1. The van der Waals surface area contributed by atoms with Crippen molar-refractivity contribution < 1.29 is 14.3 Å². The van der Waals surface area contributed by atoms with Gasteiger partial charge in [0, 0.05) is 24.6 Å². The molecule has 110 valence electrons. The van der Waals surface area contributed by atoms with Crippen molar-refractivity contribution in [1.82, 2.24) is 4.90 Å². The second kappa shape index (κ2) is 4.58. The minimum atomic E-state index is -0.265. The Morgan fingerprint density at radius 3 is 2.67 bits per heavy atom. The highest BCUT2D eigenvalue weighted by molar-refractivity contribution is 5.89. The van der Waals surface area contributed by atoms with Gasteiger partial charge in [0.1, 0.15) is 11.6 Å². The van der Waals surface area contributed by atoms with Crippen molar-refractivity contribution in [2.24, 2.45) is 17.8 Å². The maximum atomic E-state index is 13.0. The third-order valence-electron chi connectivity index (χ3n) is 5.39. The molecule has 0 aromatic heterocycles. The van der Waals surface area contributed by atoms with Gasteiger partial charge in [-0.2, -0.15) is 0 Å². The van der Waals surface area contributed by atoms with Gasteiger partial charge in [0.05, 0.1) is 0 Å². The number of rotatable bonds is 2. The molecule has 0 spiro atoms. The first kappa shape index (κ1) is 12.9. The van der Waals surface area contributed by atoms with E-state index in [2.05, 4.69) is 0 Å². The molecular weight excluding hydrogens is 269 g/mol. The Balaban J connectivity index is 1.64. The molecule has 4 heteroatoms. The third-order valence-corrected chi connectivity index (χ3v) is 5.39. The van der Waals surface area contributed by atoms with Crippen molar-refractivity contribution in [1.29, 1.82) is 0 Å². The van der Waals surface area contributed by atoms with E-state index < -0.39 is 0 Å². The van der Waals surface area contributed by atoms with Gasteiger partial charge in [-0.15, -0.1) is 0 Å². The Hall–Kier alpha value is -1.84. The van der Waals surface area contributed by atoms with E-state index in [0.717, 1.165) is 24.8 Å². The summed E-state index contributed by atoms with van der Waals surface area (Å²) in [5.41, 5.74) is 0.932. The van der Waals surface area contributed by atoms with Crippen LogP contribution < -0.4 is 0 Å². The van der Waals surface area contributed by atoms with Crippen LogP contribution in [0.4, 0.5) is 4.39 Å². The lowest BCUT2D eigenvalue weighted by atomic mass is 9.80. The van der Waals surface area contributed by atoms with Crippen LogP contribution >= 0.6 is 0 Å². The largest absolute Gasteiger partial charge is 0.512 e. The summed E-state index contributed by atoms with van der Waals surface area (Å²) in [6.45, 7) is 0.493. The Labute approximate surface area is 123 Å². The summed E-state index contributed by atoms with van der Waals surface area (Å²) in [4.78, 5) is 14.2. The fourth-order valence-corrected chi connectivity index (χ4v) is 4.55. The van der Waals surface area contributed by atoms with Crippen molar-refractivity contribution >= 4 is 5.91 Å². The average Bonchev–Trinajstić information content (AvgIpc) is 3.06. The lowest BCUT2D eigenvalue weighted by Gasteiger charge is -2.42. The quantitative estimate of drug-likeness (QED) is 0.908. The average molecular weight is 287 g/mol. The molecular formula is C17H18FNO2. The molecule has 4 rings (SSSR count). The number of halogens is 1. The monoisotopic (exact) mass is 287 g/mol. The Morgan fingerprint density at radius 1 is 1.19 bits per heavy atom. The lowest BCUT2D eigenvalue weighted by molar-refractivity contribution is -0.133. The fourth-order valence-electron chi connectivity index (χ4n) is 4.55. The maximum absolute atomic E-state index is 13.0. The van der Waals surface area contributed by atoms with Gasteiger partial charge in [0.15, 0.2) is 0 Å². The van der Waals surface area contributed by atoms with E-state index in [1.165, 1.54) is 18.2 Å². The van der Waals surface area contributed by atoms with Crippen molar-refractivity contribution in [3.05, 3.63) is 47.5 Å². The van der Waals surface area contributed by atoms with Gasteiger partial charge < -0.3 is 10.0 Å². The van der Waals surface area contributed by atoms with E-state index in [9.17, 15) is 14.3 Å². The molecule has 1 aromatic carbocycles. The Bertz CT molecular complexity index is 610. The fraction of sp³-hybridized carbons (Fsp3) is 0.471. The molecule has 3 aliphatic rings. The summed E-state index contributed by atoms with van der Waals surface area (Å²) < 4.78 is 13.0. The van der Waals surface area contributed by atoms with Crippen LogP contribution in [0.5, 0.6) is 0 Å². The molecule has 0 radical (unpaired) electrons. The van der Waals surface area contributed by atoms with Gasteiger partial charge in [0.2, 0.25) is 0 Å². The van der Waals surface area contributed by atoms with Gasteiger partial charge in [-0.05, 0) is 48.8 Å². The highest BCUT2D eigenvalue weighted by Crippen LogP contribution is 2.54. The number of hydrogen-bond acceptors (Lipinski definition) is 2. The van der Waals surface area contributed by atoms with E-state index in [-0.39, 0.29) is 29.4 Å². The first-order chi connectivity index (χ1) is 10.1. The molecule has 1 unspecified atom stereocenters. The van der Waals surface area contributed by atoms with E-state index >= 15 is 0 Å². The Morgan fingerprint density at radius 2 is 1.90 bits per heavy atom. The number of aliphatic hydroxyl groups excluding tert-OH is 1. The molecule has 1 amide bonds. The number of hydrogen-bond donors (Lipinski definition) is 1.